The molecule has 16 heavy (non-hydrogen) atoms. The van der Waals surface area contributed by atoms with E-state index >= 15 is 0 Å². The van der Waals surface area contributed by atoms with E-state index in [2.05, 4.69) is 19.2 Å². The quantitative estimate of drug-likeness (QED) is 0.547. The van der Waals surface area contributed by atoms with Gasteiger partial charge in [0.05, 0.1) is 0 Å². The maximum atomic E-state index is 10.8. The highest BCUT2D eigenvalue weighted by atomic mass is 32.2. The van der Waals surface area contributed by atoms with Crippen LogP contribution in [0, 0.1) is 5.92 Å². The number of nitrogens with one attached hydrogen (secondary N) is 1. The molecule has 0 aliphatic rings. The Kier molecular flexibility index (Phi) is 10.8. The summed E-state index contributed by atoms with van der Waals surface area (Å²) in [5.41, 5.74) is 0. The van der Waals surface area contributed by atoms with Crippen molar-refractivity contribution in [1.29, 1.82) is 0 Å². The minimum absolute atomic E-state index is 0.656. The highest BCUT2D eigenvalue weighted by molar-refractivity contribution is 8.22. The fourth-order valence-corrected chi connectivity index (χ4v) is 2.80. The summed E-state index contributed by atoms with van der Waals surface area (Å²) >= 11 is 6.95. The van der Waals surface area contributed by atoms with Crippen molar-refractivity contribution in [2.24, 2.45) is 5.92 Å². The number of thiocarbonyl (C=S) groups is 1. The molecule has 2 atom stereocenters. The summed E-state index contributed by atoms with van der Waals surface area (Å²) < 4.78 is 11.7. The molecule has 0 bridgehead atoms. The third-order valence-electron chi connectivity index (χ3n) is 2.32. The topological polar surface area (TPSA) is 29.1 Å². The Morgan fingerprint density at radius 2 is 2.19 bits per heavy atom. The second kappa shape index (κ2) is 10.5. The molecule has 96 valence electrons. The Balaban J connectivity index is 3.33. The first-order chi connectivity index (χ1) is 7.56. The van der Waals surface area contributed by atoms with E-state index in [0.29, 0.717) is 0 Å². The van der Waals surface area contributed by atoms with Gasteiger partial charge in [-0.25, -0.2) is 0 Å². The average molecular weight is 282 g/mol. The van der Waals surface area contributed by atoms with Gasteiger partial charge in [0, 0.05) is 35.1 Å². The largest absolute Gasteiger partial charge is 0.371 e. The third kappa shape index (κ3) is 10.9. The fraction of sp³-hybridized carbons (Fsp3) is 0.909. The lowest BCUT2D eigenvalue weighted by Gasteiger charge is -2.10. The molecule has 2 unspecified atom stereocenters. The van der Waals surface area contributed by atoms with E-state index < -0.39 is 10.8 Å². The van der Waals surface area contributed by atoms with Crippen LogP contribution in [0.15, 0.2) is 0 Å². The summed E-state index contributed by atoms with van der Waals surface area (Å²) in [6.07, 6.45) is 5.01. The van der Waals surface area contributed by atoms with Crippen LogP contribution in [0.5, 0.6) is 0 Å². The zero-order chi connectivity index (χ0) is 12.4. The monoisotopic (exact) mass is 281 g/mol. The summed E-state index contributed by atoms with van der Waals surface area (Å²) in [4.78, 5) is 0. The lowest BCUT2D eigenvalue weighted by molar-refractivity contribution is 0.638. The van der Waals surface area contributed by atoms with E-state index in [0.717, 1.165) is 41.1 Å². The molecule has 0 aromatic heterocycles. The van der Waals surface area contributed by atoms with Crippen LogP contribution in [-0.4, -0.2) is 32.8 Å². The van der Waals surface area contributed by atoms with Crippen LogP contribution in [0.3, 0.4) is 0 Å². The zero-order valence-corrected chi connectivity index (χ0v) is 12.9. The van der Waals surface area contributed by atoms with Crippen molar-refractivity contribution in [3.8, 4) is 0 Å². The predicted molar refractivity (Wildman–Crippen MR) is 80.7 cm³/mol. The molecule has 2 nitrogen and oxygen atoms in total. The highest BCUT2D eigenvalue weighted by Gasteiger charge is 2.02. The molecular weight excluding hydrogens is 258 g/mol. The third-order valence-corrected chi connectivity index (χ3v) is 4.83. The normalized spacial score (nSPS) is 14.4. The van der Waals surface area contributed by atoms with Gasteiger partial charge in [0.25, 0.3) is 0 Å². The standard InChI is InChI=1S/C11H23NOS3/c1-4-10(2)9-15-11(14)12-7-5-6-8-16(3)13/h10H,4-9H2,1-3H3,(H,12,14). The molecule has 0 aliphatic carbocycles. The molecule has 0 spiro atoms. The SMILES string of the molecule is CCC(C)CSC(=S)NCCCCS(C)=O. The van der Waals surface area contributed by atoms with Crippen LogP contribution < -0.4 is 5.32 Å². The molecule has 0 amide bonds. The predicted octanol–water partition coefficient (Wildman–Crippen LogP) is 2.80. The average Bonchev–Trinajstić information content (AvgIpc) is 2.24. The Bertz CT molecular complexity index is 221. The minimum atomic E-state index is -0.656. The lowest BCUT2D eigenvalue weighted by Crippen LogP contribution is -2.21. The summed E-state index contributed by atoms with van der Waals surface area (Å²) in [7, 11) is -0.656. The van der Waals surface area contributed by atoms with Crippen molar-refractivity contribution < 1.29 is 4.21 Å². The highest BCUT2D eigenvalue weighted by Crippen LogP contribution is 2.11. The van der Waals surface area contributed by atoms with Gasteiger partial charge in [0.15, 0.2) is 0 Å². The summed E-state index contributed by atoms with van der Waals surface area (Å²) in [5.74, 6) is 2.63. The van der Waals surface area contributed by atoms with Crippen LogP contribution in [0.4, 0.5) is 0 Å². The lowest BCUT2D eigenvalue weighted by atomic mass is 10.2. The number of rotatable bonds is 8. The summed E-state index contributed by atoms with van der Waals surface area (Å²) in [6.45, 7) is 5.35. The van der Waals surface area contributed by atoms with Crippen LogP contribution >= 0.6 is 24.0 Å². The summed E-state index contributed by atoms with van der Waals surface area (Å²) in [5, 5.41) is 3.23. The van der Waals surface area contributed by atoms with Crippen LogP contribution in [0.25, 0.3) is 0 Å². The first-order valence-electron chi connectivity index (χ1n) is 5.77. The maximum absolute atomic E-state index is 10.8. The van der Waals surface area contributed by atoms with Crippen molar-refractivity contribution in [3.63, 3.8) is 0 Å². The molecule has 0 saturated carbocycles. The fourth-order valence-electron chi connectivity index (χ4n) is 1.01. The van der Waals surface area contributed by atoms with Crippen molar-refractivity contribution in [2.75, 3.05) is 24.3 Å². The summed E-state index contributed by atoms with van der Waals surface area (Å²) in [6, 6.07) is 0. The molecule has 0 aromatic rings. The first-order valence-corrected chi connectivity index (χ1v) is 8.89. The van der Waals surface area contributed by atoms with Crippen LogP contribution in [-0.2, 0) is 10.8 Å². The van der Waals surface area contributed by atoms with Gasteiger partial charge in [0.1, 0.15) is 4.32 Å². The molecule has 0 rings (SSSR count). The van der Waals surface area contributed by atoms with Gasteiger partial charge in [-0.15, -0.1) is 0 Å². The number of unbranched alkanes of at least 4 members (excludes halogenated alkanes) is 1. The Hall–Kier alpha value is 0.390. The molecule has 0 radical (unpaired) electrons. The van der Waals surface area contributed by atoms with E-state index in [-0.39, 0.29) is 0 Å². The van der Waals surface area contributed by atoms with E-state index in [9.17, 15) is 4.21 Å². The first kappa shape index (κ1) is 16.4. The minimum Gasteiger partial charge on any atom is -0.371 e. The Morgan fingerprint density at radius 3 is 2.75 bits per heavy atom. The van der Waals surface area contributed by atoms with Gasteiger partial charge in [-0.2, -0.15) is 0 Å². The van der Waals surface area contributed by atoms with E-state index in [4.69, 9.17) is 12.2 Å². The molecule has 0 saturated heterocycles. The van der Waals surface area contributed by atoms with Crippen LogP contribution in [0.1, 0.15) is 33.1 Å². The molecule has 0 aromatic carbocycles. The van der Waals surface area contributed by atoms with Gasteiger partial charge < -0.3 is 5.32 Å². The second-order valence-electron chi connectivity index (χ2n) is 4.02. The van der Waals surface area contributed by atoms with Gasteiger partial charge in [0.2, 0.25) is 0 Å². The molecular formula is C11H23NOS3. The van der Waals surface area contributed by atoms with Crippen molar-refractivity contribution >= 4 is 39.1 Å². The number of hydrogen-bond donors (Lipinski definition) is 1. The van der Waals surface area contributed by atoms with Crippen molar-refractivity contribution in [3.05, 3.63) is 0 Å². The van der Waals surface area contributed by atoms with Gasteiger partial charge in [-0.3, -0.25) is 4.21 Å². The number of thioether (sulfide) groups is 1. The van der Waals surface area contributed by atoms with Gasteiger partial charge >= 0.3 is 0 Å². The van der Waals surface area contributed by atoms with Gasteiger partial charge in [-0.1, -0.05) is 44.2 Å². The number of hydrogen-bond acceptors (Lipinski definition) is 3. The Morgan fingerprint density at radius 1 is 1.50 bits per heavy atom. The Labute approximate surface area is 112 Å². The molecule has 0 fully saturated rings. The van der Waals surface area contributed by atoms with Crippen molar-refractivity contribution in [2.45, 2.75) is 33.1 Å². The molecule has 0 aliphatic heterocycles. The van der Waals surface area contributed by atoms with Crippen LogP contribution in [0.2, 0.25) is 0 Å². The van der Waals surface area contributed by atoms with E-state index in [1.165, 1.54) is 6.42 Å². The molecule has 0 heterocycles. The second-order valence-corrected chi connectivity index (χ2v) is 7.27. The maximum Gasteiger partial charge on any atom is 0.133 e. The molecule has 5 heteroatoms. The zero-order valence-electron chi connectivity index (χ0n) is 10.5. The van der Waals surface area contributed by atoms with Crippen molar-refractivity contribution in [1.82, 2.24) is 5.32 Å². The van der Waals surface area contributed by atoms with Gasteiger partial charge in [-0.05, 0) is 18.8 Å². The van der Waals surface area contributed by atoms with E-state index in [1.54, 1.807) is 18.0 Å². The van der Waals surface area contributed by atoms with E-state index in [1.807, 2.05) is 0 Å². The molecule has 1 N–H and O–H groups in total. The smallest absolute Gasteiger partial charge is 0.133 e.